The minimum Gasteiger partial charge on any atom is -0.487 e. The van der Waals surface area contributed by atoms with Crippen LogP contribution in [-0.2, 0) is 16.6 Å². The quantitative estimate of drug-likeness (QED) is 0.282. The largest absolute Gasteiger partial charge is 0.487 e. The lowest BCUT2D eigenvalue weighted by Gasteiger charge is -2.28. The number of aliphatic hydroxyl groups excluding tert-OH is 1. The molecule has 0 radical (unpaired) electrons. The Labute approximate surface area is 207 Å². The van der Waals surface area contributed by atoms with Crippen LogP contribution in [0.5, 0.6) is 5.75 Å². The number of nitrogens with zero attached hydrogens (tertiary/aromatic N) is 1. The predicted octanol–water partition coefficient (Wildman–Crippen LogP) is 3.94. The Hall–Kier alpha value is -3.14. The summed E-state index contributed by atoms with van der Waals surface area (Å²) < 4.78 is 32.2. The van der Waals surface area contributed by atoms with E-state index in [1.165, 1.54) is 0 Å². The summed E-state index contributed by atoms with van der Waals surface area (Å²) in [7, 11) is -3.53. The first-order valence-electron chi connectivity index (χ1n) is 11.5. The number of ether oxygens (including phenoxy) is 1. The molecule has 1 aromatic heterocycles. The first kappa shape index (κ1) is 26.5. The zero-order valence-corrected chi connectivity index (χ0v) is 21.2. The first-order chi connectivity index (χ1) is 16.6. The second kappa shape index (κ2) is 12.0. The van der Waals surface area contributed by atoms with Crippen LogP contribution in [0.3, 0.4) is 0 Å². The van der Waals surface area contributed by atoms with Crippen molar-refractivity contribution in [2.24, 2.45) is 0 Å². The number of aromatic nitrogens is 1. The number of rotatable bonds is 13. The predicted molar refractivity (Wildman–Crippen MR) is 140 cm³/mol. The molecule has 9 heteroatoms. The van der Waals surface area contributed by atoms with Gasteiger partial charge in [-0.05, 0) is 55.7 Å². The highest BCUT2D eigenvalue weighted by Gasteiger charge is 2.20. The van der Waals surface area contributed by atoms with Gasteiger partial charge in [0.1, 0.15) is 18.2 Å². The molecule has 3 aromatic rings. The van der Waals surface area contributed by atoms with Crippen molar-refractivity contribution < 1.29 is 18.3 Å². The molecule has 1 unspecified atom stereocenters. The van der Waals surface area contributed by atoms with Gasteiger partial charge < -0.3 is 20.5 Å². The van der Waals surface area contributed by atoms with Crippen molar-refractivity contribution in [2.45, 2.75) is 38.5 Å². The molecule has 1 heterocycles. The lowest BCUT2D eigenvalue weighted by Crippen LogP contribution is -2.42. The lowest BCUT2D eigenvalue weighted by molar-refractivity contribution is 0.159. The Morgan fingerprint density at radius 2 is 1.80 bits per heavy atom. The highest BCUT2D eigenvalue weighted by Crippen LogP contribution is 2.30. The van der Waals surface area contributed by atoms with Gasteiger partial charge in [-0.25, -0.2) is 13.4 Å². The molecule has 35 heavy (non-hydrogen) atoms. The molecule has 0 aliphatic rings. The van der Waals surface area contributed by atoms with E-state index in [4.69, 9.17) is 4.74 Å². The summed E-state index contributed by atoms with van der Waals surface area (Å²) in [4.78, 5) is 4.25. The minimum absolute atomic E-state index is 0.241. The number of pyridine rings is 1. The average molecular weight is 499 g/mol. The number of nitrogens with one attached hydrogen (secondary N) is 3. The zero-order valence-electron chi connectivity index (χ0n) is 20.4. The number of sulfonamides is 1. The van der Waals surface area contributed by atoms with Crippen molar-refractivity contribution in [3.8, 4) is 5.75 Å². The Kier molecular flexibility index (Phi) is 9.08. The van der Waals surface area contributed by atoms with E-state index in [1.54, 1.807) is 24.4 Å². The SMILES string of the molecule is CC(C)(CCNc1ccccn1)NCC(O)c1ccc(OCc2ccccc2)c(NS(C)(=O)=O)c1. The fraction of sp³-hybridized carbons (Fsp3) is 0.346. The summed E-state index contributed by atoms with van der Waals surface area (Å²) in [6, 6.07) is 20.4. The molecular formula is C26H34N4O4S. The molecule has 1 atom stereocenters. The van der Waals surface area contributed by atoms with Gasteiger partial charge in [-0.15, -0.1) is 0 Å². The maximum absolute atomic E-state index is 11.9. The van der Waals surface area contributed by atoms with Crippen LogP contribution in [0.15, 0.2) is 72.9 Å². The van der Waals surface area contributed by atoms with Crippen LogP contribution in [0, 0.1) is 0 Å². The van der Waals surface area contributed by atoms with Gasteiger partial charge in [-0.2, -0.15) is 0 Å². The zero-order chi connectivity index (χ0) is 25.3. The Morgan fingerprint density at radius 1 is 1.06 bits per heavy atom. The van der Waals surface area contributed by atoms with Crippen LogP contribution in [-0.4, -0.2) is 43.4 Å². The third kappa shape index (κ3) is 9.20. The van der Waals surface area contributed by atoms with Gasteiger partial charge in [0.05, 0.1) is 18.0 Å². The minimum atomic E-state index is -3.53. The van der Waals surface area contributed by atoms with E-state index < -0.39 is 16.1 Å². The van der Waals surface area contributed by atoms with Crippen molar-refractivity contribution >= 4 is 21.5 Å². The van der Waals surface area contributed by atoms with Gasteiger partial charge in [0.2, 0.25) is 10.0 Å². The van der Waals surface area contributed by atoms with Crippen molar-refractivity contribution in [1.29, 1.82) is 0 Å². The Morgan fingerprint density at radius 3 is 2.49 bits per heavy atom. The van der Waals surface area contributed by atoms with Crippen molar-refractivity contribution in [3.63, 3.8) is 0 Å². The molecular weight excluding hydrogens is 464 g/mol. The van der Waals surface area contributed by atoms with Crippen molar-refractivity contribution in [3.05, 3.63) is 84.1 Å². The summed E-state index contributed by atoms with van der Waals surface area (Å²) in [6.07, 6.45) is 2.80. The fourth-order valence-electron chi connectivity index (χ4n) is 3.45. The number of hydrogen-bond donors (Lipinski definition) is 4. The molecule has 3 rings (SSSR count). The third-order valence-electron chi connectivity index (χ3n) is 5.42. The van der Waals surface area contributed by atoms with E-state index in [0.717, 1.165) is 30.6 Å². The molecule has 188 valence electrons. The number of anilines is 2. The van der Waals surface area contributed by atoms with Crippen LogP contribution in [0.4, 0.5) is 11.5 Å². The van der Waals surface area contributed by atoms with Gasteiger partial charge in [-0.1, -0.05) is 42.5 Å². The van der Waals surface area contributed by atoms with E-state index >= 15 is 0 Å². The maximum atomic E-state index is 11.9. The summed E-state index contributed by atoms with van der Waals surface area (Å²) >= 11 is 0. The fourth-order valence-corrected chi connectivity index (χ4v) is 4.00. The monoisotopic (exact) mass is 498 g/mol. The molecule has 0 saturated heterocycles. The van der Waals surface area contributed by atoms with Crippen LogP contribution >= 0.6 is 0 Å². The van der Waals surface area contributed by atoms with Crippen LogP contribution in [0.1, 0.15) is 37.5 Å². The number of aliphatic hydroxyl groups is 1. The van der Waals surface area contributed by atoms with Crippen LogP contribution < -0.4 is 20.1 Å². The second-order valence-corrected chi connectivity index (χ2v) is 10.8. The van der Waals surface area contributed by atoms with E-state index in [9.17, 15) is 13.5 Å². The topological polar surface area (TPSA) is 113 Å². The Bertz CT molecular complexity index is 1170. The van der Waals surface area contributed by atoms with Gasteiger partial charge in [0, 0.05) is 24.8 Å². The molecule has 0 saturated carbocycles. The van der Waals surface area contributed by atoms with Crippen LogP contribution in [0.2, 0.25) is 0 Å². The molecule has 2 aromatic carbocycles. The third-order valence-corrected chi connectivity index (χ3v) is 6.01. The summed E-state index contributed by atoms with van der Waals surface area (Å²) in [5.41, 5.74) is 1.60. The number of hydrogen-bond acceptors (Lipinski definition) is 7. The van der Waals surface area contributed by atoms with E-state index in [1.807, 2.05) is 48.5 Å². The smallest absolute Gasteiger partial charge is 0.229 e. The molecule has 0 bridgehead atoms. The summed E-state index contributed by atoms with van der Waals surface area (Å²) in [5, 5.41) is 17.5. The number of β-amino-alcohol motifs (C(OH)–C–C–N with tert-alkyl or cyclic N) is 1. The molecule has 4 N–H and O–H groups in total. The van der Waals surface area contributed by atoms with Crippen molar-refractivity contribution in [1.82, 2.24) is 10.3 Å². The van der Waals surface area contributed by atoms with Crippen LogP contribution in [0.25, 0.3) is 0 Å². The average Bonchev–Trinajstić information content (AvgIpc) is 2.82. The molecule has 0 spiro atoms. The maximum Gasteiger partial charge on any atom is 0.229 e. The van der Waals surface area contributed by atoms with E-state index in [-0.39, 0.29) is 5.54 Å². The normalized spacial score (nSPS) is 12.7. The van der Waals surface area contributed by atoms with E-state index in [0.29, 0.717) is 30.2 Å². The first-order valence-corrected chi connectivity index (χ1v) is 13.4. The lowest BCUT2D eigenvalue weighted by atomic mass is 9.99. The summed E-state index contributed by atoms with van der Waals surface area (Å²) in [6.45, 7) is 5.46. The van der Waals surface area contributed by atoms with Gasteiger partial charge in [-0.3, -0.25) is 4.72 Å². The second-order valence-electron chi connectivity index (χ2n) is 9.08. The van der Waals surface area contributed by atoms with Crippen molar-refractivity contribution in [2.75, 3.05) is 29.4 Å². The molecule has 0 amide bonds. The molecule has 0 aliphatic carbocycles. The Balaban J connectivity index is 1.61. The molecule has 8 nitrogen and oxygen atoms in total. The van der Waals surface area contributed by atoms with Gasteiger partial charge >= 0.3 is 0 Å². The highest BCUT2D eigenvalue weighted by atomic mass is 32.2. The van der Waals surface area contributed by atoms with E-state index in [2.05, 4.69) is 34.2 Å². The summed E-state index contributed by atoms with van der Waals surface area (Å²) in [5.74, 6) is 1.22. The van der Waals surface area contributed by atoms with Gasteiger partial charge in [0.25, 0.3) is 0 Å². The standard InChI is InChI=1S/C26H34N4O4S/c1-26(2,14-16-28-25-11-7-8-15-27-25)29-18-23(31)21-12-13-24(22(17-21)30-35(3,32)33)34-19-20-9-5-4-6-10-20/h4-13,15,17,23,29-31H,14,16,18-19H2,1-3H3,(H,27,28). The number of benzene rings is 2. The highest BCUT2D eigenvalue weighted by molar-refractivity contribution is 7.92. The molecule has 0 fully saturated rings. The van der Waals surface area contributed by atoms with Gasteiger partial charge in [0.15, 0.2) is 0 Å². The molecule has 0 aliphatic heterocycles.